The van der Waals surface area contributed by atoms with Crippen LogP contribution < -0.4 is 5.32 Å². The van der Waals surface area contributed by atoms with Gasteiger partial charge in [-0.3, -0.25) is 0 Å². The van der Waals surface area contributed by atoms with Crippen molar-refractivity contribution in [3.63, 3.8) is 0 Å². The standard InChI is InChI=1S/C9H18N2/c1-11(2)9-4-3-8-5-7(9)6-10-8/h7-10H,3-6H2,1-2H3. The summed E-state index contributed by atoms with van der Waals surface area (Å²) in [5.41, 5.74) is 0. The summed E-state index contributed by atoms with van der Waals surface area (Å²) >= 11 is 0. The minimum Gasteiger partial charge on any atom is -0.314 e. The second-order valence-electron chi connectivity index (χ2n) is 4.21. The number of fused-ring (bicyclic) bond motifs is 2. The Kier molecular flexibility index (Phi) is 1.90. The maximum absolute atomic E-state index is 3.58. The molecule has 2 heteroatoms. The van der Waals surface area contributed by atoms with E-state index in [0.717, 1.165) is 18.0 Å². The molecule has 2 nitrogen and oxygen atoms in total. The largest absolute Gasteiger partial charge is 0.314 e. The van der Waals surface area contributed by atoms with Gasteiger partial charge >= 0.3 is 0 Å². The third kappa shape index (κ3) is 1.30. The SMILES string of the molecule is CN(C)C1CCC2CC1CN2. The van der Waals surface area contributed by atoms with Gasteiger partial charge in [0.2, 0.25) is 0 Å². The lowest BCUT2D eigenvalue weighted by Gasteiger charge is -2.32. The highest BCUT2D eigenvalue weighted by atomic mass is 15.1. The zero-order valence-electron chi connectivity index (χ0n) is 7.51. The molecule has 0 aromatic carbocycles. The summed E-state index contributed by atoms with van der Waals surface area (Å²) in [6.07, 6.45) is 4.21. The van der Waals surface area contributed by atoms with Gasteiger partial charge in [-0.1, -0.05) is 0 Å². The van der Waals surface area contributed by atoms with Crippen LogP contribution in [0.4, 0.5) is 0 Å². The molecule has 2 rings (SSSR count). The molecule has 1 saturated carbocycles. The third-order valence-corrected chi connectivity index (χ3v) is 3.27. The van der Waals surface area contributed by atoms with E-state index in [1.165, 1.54) is 25.8 Å². The molecule has 11 heavy (non-hydrogen) atoms. The molecule has 2 aliphatic rings. The second kappa shape index (κ2) is 2.76. The lowest BCUT2D eigenvalue weighted by atomic mass is 9.85. The highest BCUT2D eigenvalue weighted by molar-refractivity contribution is 4.94. The molecule has 2 bridgehead atoms. The predicted octanol–water partition coefficient (Wildman–Crippen LogP) is 0.688. The Morgan fingerprint density at radius 3 is 2.82 bits per heavy atom. The van der Waals surface area contributed by atoms with Gasteiger partial charge in [0.05, 0.1) is 0 Å². The van der Waals surface area contributed by atoms with Crippen LogP contribution in [0.1, 0.15) is 19.3 Å². The van der Waals surface area contributed by atoms with Gasteiger partial charge in [0, 0.05) is 12.1 Å². The van der Waals surface area contributed by atoms with Crippen LogP contribution in [0.25, 0.3) is 0 Å². The number of hydrogen-bond donors (Lipinski definition) is 1. The van der Waals surface area contributed by atoms with E-state index in [-0.39, 0.29) is 0 Å². The molecule has 0 radical (unpaired) electrons. The average molecular weight is 154 g/mol. The van der Waals surface area contributed by atoms with E-state index < -0.39 is 0 Å². The maximum atomic E-state index is 3.58. The van der Waals surface area contributed by atoms with Crippen LogP contribution in [0.2, 0.25) is 0 Å². The van der Waals surface area contributed by atoms with Gasteiger partial charge < -0.3 is 10.2 Å². The fourth-order valence-corrected chi connectivity index (χ4v) is 2.65. The van der Waals surface area contributed by atoms with E-state index >= 15 is 0 Å². The minimum absolute atomic E-state index is 0.848. The van der Waals surface area contributed by atoms with Crippen LogP contribution in [0.3, 0.4) is 0 Å². The Labute approximate surface area is 69.0 Å². The van der Waals surface area contributed by atoms with Crippen LogP contribution in [0, 0.1) is 5.92 Å². The first-order valence-corrected chi connectivity index (χ1v) is 4.67. The van der Waals surface area contributed by atoms with Gasteiger partial charge in [-0.25, -0.2) is 0 Å². The Morgan fingerprint density at radius 1 is 1.27 bits per heavy atom. The molecule has 1 aliphatic heterocycles. The number of nitrogens with one attached hydrogen (secondary N) is 1. The van der Waals surface area contributed by atoms with Crippen molar-refractivity contribution in [3.05, 3.63) is 0 Å². The molecule has 0 aromatic heterocycles. The topological polar surface area (TPSA) is 15.3 Å². The van der Waals surface area contributed by atoms with Crippen molar-refractivity contribution >= 4 is 0 Å². The monoisotopic (exact) mass is 154 g/mol. The molecule has 3 atom stereocenters. The molecule has 0 aromatic rings. The number of nitrogens with zero attached hydrogens (tertiary/aromatic N) is 1. The Balaban J connectivity index is 2.01. The number of hydrogen-bond acceptors (Lipinski definition) is 2. The summed E-state index contributed by atoms with van der Waals surface area (Å²) in [4.78, 5) is 2.40. The van der Waals surface area contributed by atoms with Crippen LogP contribution in [0.15, 0.2) is 0 Å². The van der Waals surface area contributed by atoms with E-state index in [0.29, 0.717) is 0 Å². The highest BCUT2D eigenvalue weighted by Gasteiger charge is 2.36. The summed E-state index contributed by atoms with van der Waals surface area (Å²) in [5, 5.41) is 3.58. The van der Waals surface area contributed by atoms with Gasteiger partial charge in [-0.15, -0.1) is 0 Å². The van der Waals surface area contributed by atoms with Crippen LogP contribution >= 0.6 is 0 Å². The van der Waals surface area contributed by atoms with E-state index in [1.54, 1.807) is 0 Å². The molecule has 64 valence electrons. The normalized spacial score (nSPS) is 43.4. The lowest BCUT2D eigenvalue weighted by molar-refractivity contribution is 0.181. The molecule has 0 amide bonds. The summed E-state index contributed by atoms with van der Waals surface area (Å²) in [6.45, 7) is 1.26. The maximum Gasteiger partial charge on any atom is 0.0131 e. The number of rotatable bonds is 1. The molecular weight excluding hydrogens is 136 g/mol. The van der Waals surface area contributed by atoms with Crippen molar-refractivity contribution in [2.24, 2.45) is 5.92 Å². The quantitative estimate of drug-likeness (QED) is 0.598. The zero-order chi connectivity index (χ0) is 7.84. The van der Waals surface area contributed by atoms with Crippen molar-refractivity contribution in [2.75, 3.05) is 20.6 Å². The van der Waals surface area contributed by atoms with Gasteiger partial charge in [-0.05, 0) is 45.8 Å². The van der Waals surface area contributed by atoms with Gasteiger partial charge in [0.25, 0.3) is 0 Å². The van der Waals surface area contributed by atoms with Crippen molar-refractivity contribution < 1.29 is 0 Å². The van der Waals surface area contributed by atoms with E-state index in [2.05, 4.69) is 24.3 Å². The fourth-order valence-electron chi connectivity index (χ4n) is 2.65. The molecule has 2 fully saturated rings. The van der Waals surface area contributed by atoms with E-state index in [9.17, 15) is 0 Å². The molecule has 0 spiro atoms. The second-order valence-corrected chi connectivity index (χ2v) is 4.21. The Morgan fingerprint density at radius 2 is 2.09 bits per heavy atom. The predicted molar refractivity (Wildman–Crippen MR) is 46.6 cm³/mol. The molecule has 1 saturated heterocycles. The fraction of sp³-hybridized carbons (Fsp3) is 1.00. The highest BCUT2D eigenvalue weighted by Crippen LogP contribution is 2.31. The zero-order valence-corrected chi connectivity index (χ0v) is 7.51. The summed E-state index contributed by atoms with van der Waals surface area (Å²) in [7, 11) is 4.42. The Hall–Kier alpha value is -0.0800. The first-order valence-electron chi connectivity index (χ1n) is 4.67. The first-order chi connectivity index (χ1) is 5.27. The van der Waals surface area contributed by atoms with E-state index in [4.69, 9.17) is 0 Å². The van der Waals surface area contributed by atoms with Crippen molar-refractivity contribution in [2.45, 2.75) is 31.3 Å². The lowest BCUT2D eigenvalue weighted by Crippen LogP contribution is -2.38. The molecular formula is C9H18N2. The van der Waals surface area contributed by atoms with E-state index in [1.807, 2.05) is 0 Å². The average Bonchev–Trinajstić information content (AvgIpc) is 2.32. The van der Waals surface area contributed by atoms with Crippen molar-refractivity contribution in [1.82, 2.24) is 10.2 Å². The molecule has 1 aliphatic carbocycles. The summed E-state index contributed by atoms with van der Waals surface area (Å²) in [6, 6.07) is 1.71. The molecule has 3 unspecified atom stereocenters. The van der Waals surface area contributed by atoms with Gasteiger partial charge in [0.15, 0.2) is 0 Å². The smallest absolute Gasteiger partial charge is 0.0131 e. The minimum atomic E-state index is 0.848. The summed E-state index contributed by atoms with van der Waals surface area (Å²) in [5.74, 6) is 0.934. The van der Waals surface area contributed by atoms with Gasteiger partial charge in [0.1, 0.15) is 0 Å². The van der Waals surface area contributed by atoms with Crippen molar-refractivity contribution in [3.8, 4) is 0 Å². The third-order valence-electron chi connectivity index (χ3n) is 3.27. The summed E-state index contributed by atoms with van der Waals surface area (Å²) < 4.78 is 0. The first kappa shape index (κ1) is 7.56. The van der Waals surface area contributed by atoms with Crippen LogP contribution in [-0.2, 0) is 0 Å². The van der Waals surface area contributed by atoms with Crippen molar-refractivity contribution in [1.29, 1.82) is 0 Å². The molecule has 1 heterocycles. The van der Waals surface area contributed by atoms with Crippen LogP contribution in [-0.4, -0.2) is 37.6 Å². The van der Waals surface area contributed by atoms with Crippen LogP contribution in [0.5, 0.6) is 0 Å². The van der Waals surface area contributed by atoms with Gasteiger partial charge in [-0.2, -0.15) is 0 Å². The molecule has 1 N–H and O–H groups in total. The Bertz CT molecular complexity index is 144.